The smallest absolute Gasteiger partial charge is 0.160 e. The van der Waals surface area contributed by atoms with Gasteiger partial charge in [0.05, 0.1) is 11.6 Å². The highest BCUT2D eigenvalue weighted by molar-refractivity contribution is 9.10. The van der Waals surface area contributed by atoms with Gasteiger partial charge in [0.25, 0.3) is 0 Å². The average Bonchev–Trinajstić information content (AvgIpc) is 2.59. The third-order valence-electron chi connectivity index (χ3n) is 1.90. The Balaban J connectivity index is 2.28. The molecule has 1 aromatic heterocycles. The molecule has 1 aromatic carbocycles. The van der Waals surface area contributed by atoms with Gasteiger partial charge in [-0.1, -0.05) is 23.7 Å². The highest BCUT2D eigenvalue weighted by atomic mass is 79.9. The fraction of sp³-hybridized carbons (Fsp3) is 0.222. The zero-order chi connectivity index (χ0) is 10.8. The number of nitrogens with zero attached hydrogens (tertiary/aromatic N) is 4. The summed E-state index contributed by atoms with van der Waals surface area (Å²) >= 11 is 9.40. The van der Waals surface area contributed by atoms with Gasteiger partial charge in [0, 0.05) is 4.47 Å². The molecular weight excluding hydrogens is 279 g/mol. The molecule has 0 atom stereocenters. The molecule has 0 amide bonds. The Labute approximate surface area is 100 Å². The van der Waals surface area contributed by atoms with Crippen LogP contribution in [0.5, 0.6) is 0 Å². The molecule has 0 saturated heterocycles. The normalized spacial score (nSPS) is 10.6. The maximum atomic E-state index is 5.97. The number of halogens is 2. The maximum Gasteiger partial charge on any atom is 0.171 e. The Morgan fingerprint density at radius 1 is 1.47 bits per heavy atom. The summed E-state index contributed by atoms with van der Waals surface area (Å²) < 4.78 is 0.876. The lowest BCUT2D eigenvalue weighted by Gasteiger charge is -2.04. The number of aryl methyl sites for hydroxylation is 1. The fourth-order valence-electron chi connectivity index (χ4n) is 1.21. The van der Waals surface area contributed by atoms with Crippen LogP contribution in [0.4, 0.5) is 0 Å². The molecule has 15 heavy (non-hydrogen) atoms. The Bertz CT molecular complexity index is 483. The van der Waals surface area contributed by atoms with E-state index in [9.17, 15) is 0 Å². The van der Waals surface area contributed by atoms with Gasteiger partial charge in [-0.3, -0.25) is 0 Å². The first-order chi connectivity index (χ1) is 7.16. The van der Waals surface area contributed by atoms with E-state index in [1.807, 2.05) is 18.2 Å². The second-order valence-corrected chi connectivity index (χ2v) is 4.28. The molecule has 0 aliphatic rings. The Hall–Kier alpha value is -0.940. The van der Waals surface area contributed by atoms with E-state index in [2.05, 4.69) is 31.3 Å². The zero-order valence-electron chi connectivity index (χ0n) is 7.98. The van der Waals surface area contributed by atoms with Gasteiger partial charge in [-0.25, -0.2) is 0 Å². The van der Waals surface area contributed by atoms with Crippen molar-refractivity contribution in [2.45, 2.75) is 13.5 Å². The van der Waals surface area contributed by atoms with E-state index in [-0.39, 0.29) is 0 Å². The van der Waals surface area contributed by atoms with Gasteiger partial charge in [0.2, 0.25) is 0 Å². The maximum absolute atomic E-state index is 5.97. The summed E-state index contributed by atoms with van der Waals surface area (Å²) in [5, 5.41) is 12.5. The van der Waals surface area contributed by atoms with Crippen LogP contribution < -0.4 is 0 Å². The molecule has 6 heteroatoms. The first-order valence-corrected chi connectivity index (χ1v) is 5.51. The van der Waals surface area contributed by atoms with E-state index in [1.165, 1.54) is 4.80 Å². The minimum absolute atomic E-state index is 0.558. The summed E-state index contributed by atoms with van der Waals surface area (Å²) in [6.45, 7) is 2.36. The lowest BCUT2D eigenvalue weighted by atomic mass is 10.2. The predicted octanol–water partition coefficient (Wildman–Crippen LogP) is 2.45. The molecule has 0 bridgehead atoms. The lowest BCUT2D eigenvalue weighted by Crippen LogP contribution is -2.04. The van der Waals surface area contributed by atoms with Crippen LogP contribution >= 0.6 is 27.5 Å². The quantitative estimate of drug-likeness (QED) is 0.852. The number of aromatic nitrogens is 4. The van der Waals surface area contributed by atoms with Gasteiger partial charge in [-0.15, -0.1) is 10.2 Å². The van der Waals surface area contributed by atoms with Gasteiger partial charge in [-0.2, -0.15) is 4.80 Å². The molecule has 0 aliphatic heterocycles. The van der Waals surface area contributed by atoms with Crippen molar-refractivity contribution in [3.05, 3.63) is 39.1 Å². The summed E-state index contributed by atoms with van der Waals surface area (Å²) in [5.74, 6) is 0.660. The van der Waals surface area contributed by atoms with Crippen LogP contribution in [0.3, 0.4) is 0 Å². The van der Waals surface area contributed by atoms with E-state index in [0.717, 1.165) is 10.0 Å². The van der Waals surface area contributed by atoms with Crippen LogP contribution in [0.25, 0.3) is 0 Å². The Morgan fingerprint density at radius 3 is 2.93 bits per heavy atom. The molecule has 0 fully saturated rings. The van der Waals surface area contributed by atoms with E-state index in [1.54, 1.807) is 6.92 Å². The summed E-state index contributed by atoms with van der Waals surface area (Å²) in [5.41, 5.74) is 1.03. The molecule has 2 aromatic rings. The molecule has 4 nitrogen and oxygen atoms in total. The van der Waals surface area contributed by atoms with Gasteiger partial charge < -0.3 is 0 Å². The topological polar surface area (TPSA) is 43.6 Å². The van der Waals surface area contributed by atoms with Crippen LogP contribution in [0.15, 0.2) is 22.7 Å². The summed E-state index contributed by atoms with van der Waals surface area (Å²) in [6, 6.07) is 5.69. The highest BCUT2D eigenvalue weighted by Crippen LogP contribution is 2.26. The SMILES string of the molecule is Cc1nnn(Cc2cccc(Cl)c2Br)n1. The molecule has 0 spiro atoms. The number of hydrogen-bond acceptors (Lipinski definition) is 3. The van der Waals surface area contributed by atoms with Crippen molar-refractivity contribution < 1.29 is 0 Å². The molecule has 0 N–H and O–H groups in total. The second-order valence-electron chi connectivity index (χ2n) is 3.08. The standard InChI is InChI=1S/C9H8BrClN4/c1-6-12-14-15(13-6)5-7-3-2-4-8(11)9(7)10/h2-4H,5H2,1H3. The Morgan fingerprint density at radius 2 is 2.27 bits per heavy atom. The summed E-state index contributed by atoms with van der Waals surface area (Å²) in [4.78, 5) is 1.53. The van der Waals surface area contributed by atoms with Crippen LogP contribution in [0, 0.1) is 6.92 Å². The molecule has 0 aliphatic carbocycles. The van der Waals surface area contributed by atoms with Crippen molar-refractivity contribution in [2.24, 2.45) is 0 Å². The number of tetrazole rings is 1. The van der Waals surface area contributed by atoms with Crippen molar-refractivity contribution in [3.63, 3.8) is 0 Å². The highest BCUT2D eigenvalue weighted by Gasteiger charge is 2.06. The second kappa shape index (κ2) is 4.28. The molecule has 2 rings (SSSR count). The third-order valence-corrected chi connectivity index (χ3v) is 3.38. The zero-order valence-corrected chi connectivity index (χ0v) is 10.3. The van der Waals surface area contributed by atoms with E-state index in [0.29, 0.717) is 17.4 Å². The monoisotopic (exact) mass is 286 g/mol. The molecule has 0 radical (unpaired) electrons. The summed E-state index contributed by atoms with van der Waals surface area (Å²) in [6.07, 6.45) is 0. The molecule has 1 heterocycles. The van der Waals surface area contributed by atoms with Gasteiger partial charge in [-0.05, 0) is 39.7 Å². The lowest BCUT2D eigenvalue weighted by molar-refractivity contribution is 0.570. The van der Waals surface area contributed by atoms with Crippen molar-refractivity contribution >= 4 is 27.5 Å². The van der Waals surface area contributed by atoms with Gasteiger partial charge in [0.1, 0.15) is 0 Å². The largest absolute Gasteiger partial charge is 0.171 e. The first-order valence-electron chi connectivity index (χ1n) is 4.34. The van der Waals surface area contributed by atoms with Gasteiger partial charge in [0.15, 0.2) is 5.82 Å². The number of hydrogen-bond donors (Lipinski definition) is 0. The van der Waals surface area contributed by atoms with Crippen LogP contribution in [-0.4, -0.2) is 20.2 Å². The van der Waals surface area contributed by atoms with Gasteiger partial charge >= 0.3 is 0 Å². The molecule has 0 saturated carbocycles. The predicted molar refractivity (Wildman–Crippen MR) is 60.8 cm³/mol. The van der Waals surface area contributed by atoms with Crippen LogP contribution in [0.2, 0.25) is 5.02 Å². The first kappa shape index (κ1) is 10.6. The third kappa shape index (κ3) is 2.35. The fourth-order valence-corrected chi connectivity index (χ4v) is 1.80. The minimum Gasteiger partial charge on any atom is -0.160 e. The molecular formula is C9H8BrClN4. The van der Waals surface area contributed by atoms with Crippen LogP contribution in [-0.2, 0) is 6.54 Å². The van der Waals surface area contributed by atoms with E-state index < -0.39 is 0 Å². The average molecular weight is 288 g/mol. The van der Waals surface area contributed by atoms with E-state index >= 15 is 0 Å². The van der Waals surface area contributed by atoms with Crippen molar-refractivity contribution in [1.29, 1.82) is 0 Å². The van der Waals surface area contributed by atoms with Crippen molar-refractivity contribution in [3.8, 4) is 0 Å². The Kier molecular flexibility index (Phi) is 3.02. The number of rotatable bonds is 2. The van der Waals surface area contributed by atoms with Crippen molar-refractivity contribution in [2.75, 3.05) is 0 Å². The minimum atomic E-state index is 0.558. The molecule has 78 valence electrons. The number of benzene rings is 1. The van der Waals surface area contributed by atoms with Crippen LogP contribution in [0.1, 0.15) is 11.4 Å². The van der Waals surface area contributed by atoms with E-state index in [4.69, 9.17) is 11.6 Å². The summed E-state index contributed by atoms with van der Waals surface area (Å²) in [7, 11) is 0. The molecule has 0 unspecified atom stereocenters. The van der Waals surface area contributed by atoms with Crippen molar-refractivity contribution in [1.82, 2.24) is 20.2 Å².